The predicted octanol–water partition coefficient (Wildman–Crippen LogP) is 3.35. The first-order valence-corrected chi connectivity index (χ1v) is 7.54. The molecule has 0 heterocycles. The maximum absolute atomic E-state index is 12.6. The molecule has 1 amide bonds. The van der Waals surface area contributed by atoms with Gasteiger partial charge in [-0.15, -0.1) is 0 Å². The van der Waals surface area contributed by atoms with Gasteiger partial charge in [-0.3, -0.25) is 4.79 Å². The van der Waals surface area contributed by atoms with E-state index in [1.54, 1.807) is 6.92 Å². The third-order valence-electron chi connectivity index (χ3n) is 3.94. The molecule has 3 nitrogen and oxygen atoms in total. The van der Waals surface area contributed by atoms with Gasteiger partial charge in [0.05, 0.1) is 6.04 Å². The van der Waals surface area contributed by atoms with Crippen molar-refractivity contribution in [1.82, 2.24) is 5.32 Å². The summed E-state index contributed by atoms with van der Waals surface area (Å²) in [6, 6.07) is 15.7. The average molecular weight is 296 g/mol. The van der Waals surface area contributed by atoms with Crippen molar-refractivity contribution in [3.05, 3.63) is 70.8 Å². The Morgan fingerprint density at radius 3 is 2.18 bits per heavy atom. The molecule has 2 aromatic carbocycles. The molecule has 2 unspecified atom stereocenters. The van der Waals surface area contributed by atoms with Crippen molar-refractivity contribution >= 4 is 5.91 Å². The minimum absolute atomic E-state index is 0.0855. The van der Waals surface area contributed by atoms with Gasteiger partial charge in [0.25, 0.3) is 0 Å². The Kier molecular flexibility index (Phi) is 4.67. The molecule has 0 aliphatic heterocycles. The number of nitrogens with two attached hydrogens (primary N) is 1. The molecule has 0 aliphatic carbocycles. The Hall–Kier alpha value is -2.13. The fraction of sp³-hybridized carbons (Fsp3) is 0.316. The van der Waals surface area contributed by atoms with Crippen LogP contribution in [0.5, 0.6) is 0 Å². The zero-order valence-electron chi connectivity index (χ0n) is 13.7. The van der Waals surface area contributed by atoms with Crippen LogP contribution in [0.15, 0.2) is 48.5 Å². The van der Waals surface area contributed by atoms with Crippen molar-refractivity contribution in [2.24, 2.45) is 5.73 Å². The van der Waals surface area contributed by atoms with Gasteiger partial charge >= 0.3 is 0 Å². The van der Waals surface area contributed by atoms with E-state index in [9.17, 15) is 4.79 Å². The normalized spacial score (nSPS) is 15.0. The maximum Gasteiger partial charge on any atom is 0.244 e. The molecule has 2 atom stereocenters. The second-order valence-electron chi connectivity index (χ2n) is 6.18. The van der Waals surface area contributed by atoms with E-state index in [1.165, 1.54) is 11.1 Å². The minimum atomic E-state index is -1.05. The van der Waals surface area contributed by atoms with Gasteiger partial charge in [-0.2, -0.15) is 0 Å². The molecule has 22 heavy (non-hydrogen) atoms. The van der Waals surface area contributed by atoms with E-state index in [0.29, 0.717) is 0 Å². The quantitative estimate of drug-likeness (QED) is 0.909. The van der Waals surface area contributed by atoms with Gasteiger partial charge < -0.3 is 11.1 Å². The monoisotopic (exact) mass is 296 g/mol. The van der Waals surface area contributed by atoms with Gasteiger partial charge in [-0.05, 0) is 38.8 Å². The number of amides is 1. The lowest BCUT2D eigenvalue weighted by atomic mass is 9.91. The van der Waals surface area contributed by atoms with Crippen molar-refractivity contribution in [2.45, 2.75) is 39.3 Å². The lowest BCUT2D eigenvalue weighted by Crippen LogP contribution is -2.49. The molecule has 0 fully saturated rings. The molecule has 2 aromatic rings. The second kappa shape index (κ2) is 6.32. The Morgan fingerprint density at radius 2 is 1.64 bits per heavy atom. The van der Waals surface area contributed by atoms with Crippen LogP contribution in [0, 0.1) is 13.8 Å². The molecular weight excluding hydrogens is 272 g/mol. The second-order valence-corrected chi connectivity index (χ2v) is 6.18. The smallest absolute Gasteiger partial charge is 0.244 e. The highest BCUT2D eigenvalue weighted by atomic mass is 16.2. The molecular formula is C19H24N2O. The number of carbonyl (C=O) groups is 1. The van der Waals surface area contributed by atoms with E-state index in [0.717, 1.165) is 11.1 Å². The van der Waals surface area contributed by atoms with Crippen molar-refractivity contribution in [2.75, 3.05) is 0 Å². The van der Waals surface area contributed by atoms with Crippen molar-refractivity contribution in [3.8, 4) is 0 Å². The lowest BCUT2D eigenvalue weighted by molar-refractivity contribution is -0.126. The van der Waals surface area contributed by atoms with Gasteiger partial charge in [-0.1, -0.05) is 59.7 Å². The summed E-state index contributed by atoms with van der Waals surface area (Å²) in [4.78, 5) is 12.6. The van der Waals surface area contributed by atoms with Gasteiger partial charge in [-0.25, -0.2) is 0 Å². The minimum Gasteiger partial charge on any atom is -0.348 e. The van der Waals surface area contributed by atoms with Crippen LogP contribution in [-0.4, -0.2) is 5.91 Å². The Labute approximate surface area is 132 Å². The number of benzene rings is 2. The van der Waals surface area contributed by atoms with Crippen LogP contribution >= 0.6 is 0 Å². The van der Waals surface area contributed by atoms with Crippen molar-refractivity contribution < 1.29 is 4.79 Å². The number of rotatable bonds is 4. The summed E-state index contributed by atoms with van der Waals surface area (Å²) < 4.78 is 0. The molecule has 0 saturated heterocycles. The molecule has 0 aliphatic rings. The lowest BCUT2D eigenvalue weighted by Gasteiger charge is -2.26. The highest BCUT2D eigenvalue weighted by molar-refractivity contribution is 5.87. The van der Waals surface area contributed by atoms with Gasteiger partial charge in [0.15, 0.2) is 0 Å². The topological polar surface area (TPSA) is 55.1 Å². The van der Waals surface area contributed by atoms with Crippen LogP contribution in [-0.2, 0) is 10.3 Å². The van der Waals surface area contributed by atoms with E-state index in [1.807, 2.05) is 37.3 Å². The summed E-state index contributed by atoms with van der Waals surface area (Å²) in [6.07, 6.45) is 0. The van der Waals surface area contributed by atoms with E-state index in [-0.39, 0.29) is 11.9 Å². The van der Waals surface area contributed by atoms with E-state index < -0.39 is 5.54 Å². The van der Waals surface area contributed by atoms with Gasteiger partial charge in [0, 0.05) is 0 Å². The average Bonchev–Trinajstić information content (AvgIpc) is 2.47. The van der Waals surface area contributed by atoms with Gasteiger partial charge in [0.2, 0.25) is 5.91 Å². The standard InChI is InChI=1S/C19H24N2O/c1-13-10-14(2)12-16(11-13)15(3)21-18(22)19(4,20)17-8-6-5-7-9-17/h5-12,15H,20H2,1-4H3,(H,21,22). The zero-order chi connectivity index (χ0) is 16.3. The van der Waals surface area contributed by atoms with E-state index >= 15 is 0 Å². The van der Waals surface area contributed by atoms with Crippen LogP contribution in [0.4, 0.5) is 0 Å². The number of aryl methyl sites for hydroxylation is 2. The molecule has 0 spiro atoms. The van der Waals surface area contributed by atoms with E-state index in [4.69, 9.17) is 5.73 Å². The Morgan fingerprint density at radius 1 is 1.09 bits per heavy atom. The largest absolute Gasteiger partial charge is 0.348 e. The fourth-order valence-corrected chi connectivity index (χ4v) is 2.61. The number of hydrogen-bond acceptors (Lipinski definition) is 2. The first-order chi connectivity index (χ1) is 10.3. The summed E-state index contributed by atoms with van der Waals surface area (Å²) in [5.41, 5.74) is 9.49. The number of nitrogens with one attached hydrogen (secondary N) is 1. The molecule has 116 valence electrons. The molecule has 0 radical (unpaired) electrons. The highest BCUT2D eigenvalue weighted by Crippen LogP contribution is 2.21. The SMILES string of the molecule is Cc1cc(C)cc(C(C)NC(=O)C(C)(N)c2ccccc2)c1. The first kappa shape index (κ1) is 16.2. The van der Waals surface area contributed by atoms with Gasteiger partial charge in [0.1, 0.15) is 5.54 Å². The Balaban J connectivity index is 2.17. The summed E-state index contributed by atoms with van der Waals surface area (Å²) in [5, 5.41) is 3.03. The number of carbonyl (C=O) groups excluding carboxylic acids is 1. The van der Waals surface area contributed by atoms with E-state index in [2.05, 4.69) is 37.4 Å². The Bertz CT molecular complexity index is 642. The summed E-state index contributed by atoms with van der Waals surface area (Å²) in [6.45, 7) is 7.84. The molecule has 3 N–H and O–H groups in total. The predicted molar refractivity (Wildman–Crippen MR) is 90.5 cm³/mol. The fourth-order valence-electron chi connectivity index (χ4n) is 2.61. The molecule has 3 heteroatoms. The zero-order valence-corrected chi connectivity index (χ0v) is 13.7. The van der Waals surface area contributed by atoms with Crippen LogP contribution in [0.25, 0.3) is 0 Å². The first-order valence-electron chi connectivity index (χ1n) is 7.54. The van der Waals surface area contributed by atoms with Crippen LogP contribution < -0.4 is 11.1 Å². The third-order valence-corrected chi connectivity index (χ3v) is 3.94. The third kappa shape index (κ3) is 3.55. The van der Waals surface area contributed by atoms with Crippen molar-refractivity contribution in [1.29, 1.82) is 0 Å². The summed E-state index contributed by atoms with van der Waals surface area (Å²) >= 11 is 0. The molecule has 0 aromatic heterocycles. The number of hydrogen-bond donors (Lipinski definition) is 2. The van der Waals surface area contributed by atoms with Crippen LogP contribution in [0.3, 0.4) is 0 Å². The molecule has 0 bridgehead atoms. The molecule has 2 rings (SSSR count). The summed E-state index contributed by atoms with van der Waals surface area (Å²) in [7, 11) is 0. The summed E-state index contributed by atoms with van der Waals surface area (Å²) in [5.74, 6) is -0.176. The highest BCUT2D eigenvalue weighted by Gasteiger charge is 2.31. The van der Waals surface area contributed by atoms with Crippen LogP contribution in [0.1, 0.15) is 42.1 Å². The molecule has 0 saturated carbocycles. The van der Waals surface area contributed by atoms with Crippen LogP contribution in [0.2, 0.25) is 0 Å². The maximum atomic E-state index is 12.6. The van der Waals surface area contributed by atoms with Crippen molar-refractivity contribution in [3.63, 3.8) is 0 Å².